The lowest BCUT2D eigenvalue weighted by Gasteiger charge is -2.18. The van der Waals surface area contributed by atoms with Crippen molar-refractivity contribution < 1.29 is 14.3 Å². The van der Waals surface area contributed by atoms with Gasteiger partial charge in [0.1, 0.15) is 0 Å². The van der Waals surface area contributed by atoms with Crippen LogP contribution >= 0.6 is 12.4 Å². The molecule has 3 rings (SSSR count). The van der Waals surface area contributed by atoms with Crippen molar-refractivity contribution in [1.82, 2.24) is 20.8 Å². The van der Waals surface area contributed by atoms with Gasteiger partial charge in [-0.05, 0) is 37.0 Å². The molecule has 1 aliphatic heterocycles. The second kappa shape index (κ2) is 10.5. The molecule has 8 heteroatoms. The number of nitrogens with zero attached hydrogens (tertiary/aromatic N) is 1. The molecule has 0 saturated heterocycles. The number of methoxy groups -OCH3 is 1. The van der Waals surface area contributed by atoms with Crippen LogP contribution in [0.25, 0.3) is 0 Å². The molecular formula is C21H31ClN4O3. The zero-order valence-electron chi connectivity index (χ0n) is 17.5. The first-order valence-electron chi connectivity index (χ1n) is 9.88. The fourth-order valence-corrected chi connectivity index (χ4v) is 3.24. The van der Waals surface area contributed by atoms with Crippen molar-refractivity contribution in [3.05, 3.63) is 40.7 Å². The van der Waals surface area contributed by atoms with Crippen molar-refractivity contribution in [2.45, 2.75) is 46.2 Å². The largest absolute Gasteiger partial charge is 0.493 e. The Morgan fingerprint density at radius 1 is 1.28 bits per heavy atom. The highest BCUT2D eigenvalue weighted by atomic mass is 35.5. The van der Waals surface area contributed by atoms with Crippen LogP contribution in [0, 0.1) is 5.92 Å². The number of fused-ring (bicyclic) bond motifs is 1. The predicted octanol–water partition coefficient (Wildman–Crippen LogP) is 3.40. The third kappa shape index (κ3) is 5.64. The van der Waals surface area contributed by atoms with E-state index in [1.807, 2.05) is 25.1 Å². The number of nitrogens with one attached hydrogen (secondary N) is 3. The minimum absolute atomic E-state index is 0. The maximum Gasteiger partial charge on any atom is 0.272 e. The smallest absolute Gasteiger partial charge is 0.272 e. The number of carbonyl (C=O) groups is 1. The summed E-state index contributed by atoms with van der Waals surface area (Å²) >= 11 is 0. The number of H-pyrrole nitrogens is 1. The summed E-state index contributed by atoms with van der Waals surface area (Å²) in [5.41, 5.74) is 3.42. The first-order valence-corrected chi connectivity index (χ1v) is 9.88. The monoisotopic (exact) mass is 422 g/mol. The Balaban J connectivity index is 0.00000300. The topological polar surface area (TPSA) is 88.3 Å². The molecule has 0 bridgehead atoms. The van der Waals surface area contributed by atoms with Crippen LogP contribution in [0.3, 0.4) is 0 Å². The summed E-state index contributed by atoms with van der Waals surface area (Å²) in [5.74, 6) is 1.80. The van der Waals surface area contributed by atoms with Crippen molar-refractivity contribution in [3.8, 4) is 11.5 Å². The molecule has 0 aliphatic carbocycles. The van der Waals surface area contributed by atoms with Crippen LogP contribution in [0.4, 0.5) is 0 Å². The Kier molecular flexibility index (Phi) is 8.34. The second-order valence-electron chi connectivity index (χ2n) is 7.59. The average molecular weight is 423 g/mol. The summed E-state index contributed by atoms with van der Waals surface area (Å²) in [6.45, 7) is 8.50. The summed E-state index contributed by atoms with van der Waals surface area (Å²) in [4.78, 5) is 12.7. The number of aromatic amines is 1. The number of carbonyl (C=O) groups excluding carboxylic acids is 1. The highest BCUT2D eigenvalue weighted by Gasteiger charge is 2.23. The highest BCUT2D eigenvalue weighted by Crippen LogP contribution is 2.31. The Morgan fingerprint density at radius 2 is 2.07 bits per heavy atom. The predicted molar refractivity (Wildman–Crippen MR) is 115 cm³/mol. The number of halogens is 1. The van der Waals surface area contributed by atoms with E-state index in [0.717, 1.165) is 42.0 Å². The van der Waals surface area contributed by atoms with Gasteiger partial charge < -0.3 is 20.1 Å². The van der Waals surface area contributed by atoms with Crippen molar-refractivity contribution in [1.29, 1.82) is 0 Å². The van der Waals surface area contributed by atoms with Gasteiger partial charge >= 0.3 is 0 Å². The molecule has 7 nitrogen and oxygen atoms in total. The van der Waals surface area contributed by atoms with E-state index in [4.69, 9.17) is 9.47 Å². The summed E-state index contributed by atoms with van der Waals surface area (Å²) in [7, 11) is 1.63. The molecule has 2 heterocycles. The third-order valence-electron chi connectivity index (χ3n) is 5.01. The summed E-state index contributed by atoms with van der Waals surface area (Å²) in [6, 6.07) is 5.59. The van der Waals surface area contributed by atoms with Crippen LogP contribution in [-0.4, -0.2) is 36.4 Å². The quantitative estimate of drug-likeness (QED) is 0.606. The Hall–Kier alpha value is -2.25. The zero-order valence-corrected chi connectivity index (χ0v) is 18.3. The van der Waals surface area contributed by atoms with Crippen LogP contribution in [0.5, 0.6) is 11.5 Å². The van der Waals surface area contributed by atoms with E-state index in [9.17, 15) is 4.79 Å². The number of benzene rings is 1. The Labute approximate surface area is 178 Å². The van der Waals surface area contributed by atoms with Crippen LogP contribution in [0.2, 0.25) is 0 Å². The van der Waals surface area contributed by atoms with Crippen molar-refractivity contribution in [2.24, 2.45) is 5.92 Å². The lowest BCUT2D eigenvalue weighted by molar-refractivity contribution is 0.0933. The minimum atomic E-state index is -0.185. The molecule has 0 fully saturated rings. The molecule has 1 unspecified atom stereocenters. The van der Waals surface area contributed by atoms with Gasteiger partial charge in [0.05, 0.1) is 19.8 Å². The van der Waals surface area contributed by atoms with Crippen molar-refractivity contribution in [2.75, 3.05) is 20.3 Å². The van der Waals surface area contributed by atoms with Gasteiger partial charge in [0.25, 0.3) is 5.91 Å². The molecule has 3 N–H and O–H groups in total. The molecule has 160 valence electrons. The molecule has 1 amide bonds. The normalized spacial score (nSPS) is 14.0. The minimum Gasteiger partial charge on any atom is -0.493 e. The molecule has 0 saturated carbocycles. The summed E-state index contributed by atoms with van der Waals surface area (Å²) < 4.78 is 11.3. The molecule has 29 heavy (non-hydrogen) atoms. The fourth-order valence-electron chi connectivity index (χ4n) is 3.24. The number of amides is 1. The van der Waals surface area contributed by atoms with Crippen LogP contribution in [0.15, 0.2) is 18.2 Å². The van der Waals surface area contributed by atoms with Crippen molar-refractivity contribution in [3.63, 3.8) is 0 Å². The molecular weight excluding hydrogens is 392 g/mol. The second-order valence-corrected chi connectivity index (χ2v) is 7.59. The highest BCUT2D eigenvalue weighted by molar-refractivity contribution is 5.94. The van der Waals surface area contributed by atoms with E-state index < -0.39 is 0 Å². The van der Waals surface area contributed by atoms with E-state index in [1.54, 1.807) is 7.11 Å². The van der Waals surface area contributed by atoms with E-state index in [2.05, 4.69) is 34.7 Å². The number of hydrogen-bond donors (Lipinski definition) is 3. The first-order chi connectivity index (χ1) is 13.5. The number of rotatable bonds is 8. The average Bonchev–Trinajstić information content (AvgIpc) is 3.12. The lowest BCUT2D eigenvalue weighted by atomic mass is 10.1. The molecule has 1 aromatic carbocycles. The van der Waals surface area contributed by atoms with Gasteiger partial charge in [-0.2, -0.15) is 5.10 Å². The molecule has 0 radical (unpaired) electrons. The van der Waals surface area contributed by atoms with Gasteiger partial charge in [-0.3, -0.25) is 9.89 Å². The van der Waals surface area contributed by atoms with Crippen molar-refractivity contribution >= 4 is 18.3 Å². The molecule has 0 spiro atoms. The van der Waals surface area contributed by atoms with E-state index in [-0.39, 0.29) is 24.4 Å². The summed E-state index contributed by atoms with van der Waals surface area (Å²) in [5, 5.41) is 13.5. The zero-order chi connectivity index (χ0) is 20.1. The summed E-state index contributed by atoms with van der Waals surface area (Å²) in [6.07, 6.45) is 1.85. The Bertz CT molecular complexity index is 822. The first kappa shape index (κ1) is 23.0. The van der Waals surface area contributed by atoms with Gasteiger partial charge in [-0.1, -0.05) is 19.9 Å². The molecule has 1 atom stereocenters. The van der Waals surface area contributed by atoms with Gasteiger partial charge in [0, 0.05) is 30.8 Å². The van der Waals surface area contributed by atoms with Gasteiger partial charge in [-0.15, -0.1) is 12.4 Å². The van der Waals surface area contributed by atoms with Gasteiger partial charge in [0.2, 0.25) is 0 Å². The third-order valence-corrected chi connectivity index (χ3v) is 5.01. The molecule has 1 aromatic heterocycles. The number of hydrogen-bond acceptors (Lipinski definition) is 5. The van der Waals surface area contributed by atoms with E-state index in [0.29, 0.717) is 30.5 Å². The molecule has 2 aromatic rings. The Morgan fingerprint density at radius 3 is 2.79 bits per heavy atom. The van der Waals surface area contributed by atoms with Gasteiger partial charge in [0.15, 0.2) is 17.2 Å². The molecule has 1 aliphatic rings. The fraction of sp³-hybridized carbons (Fsp3) is 0.524. The van der Waals surface area contributed by atoms with Gasteiger partial charge in [-0.25, -0.2) is 0 Å². The maximum absolute atomic E-state index is 12.7. The van der Waals surface area contributed by atoms with Crippen LogP contribution < -0.4 is 20.1 Å². The van der Waals surface area contributed by atoms with E-state index in [1.165, 1.54) is 0 Å². The standard InChI is InChI=1S/C21H30N4O3.ClH/c1-13(2)8-10-28-18-6-5-15(11-19(18)27-4)14(3)23-21(26)20-16-12-22-9-7-17(16)24-25-20;/h5-6,11,13-14,22H,7-10,12H2,1-4H3,(H,23,26)(H,24,25);1H. The lowest BCUT2D eigenvalue weighted by Crippen LogP contribution is -2.30. The SMILES string of the molecule is COc1cc(C(C)NC(=O)c2n[nH]c3c2CNCC3)ccc1OCCC(C)C.Cl. The van der Waals surface area contributed by atoms with Crippen LogP contribution in [0.1, 0.15) is 60.5 Å². The van der Waals surface area contributed by atoms with E-state index >= 15 is 0 Å². The van der Waals surface area contributed by atoms with Crippen LogP contribution in [-0.2, 0) is 13.0 Å². The number of ether oxygens (including phenoxy) is 2. The number of aromatic nitrogens is 2. The maximum atomic E-state index is 12.7.